The topological polar surface area (TPSA) is 0 Å². The van der Waals surface area contributed by atoms with Gasteiger partial charge < -0.3 is 0 Å². The molecular formula is C15H16. The summed E-state index contributed by atoms with van der Waals surface area (Å²) >= 11 is 0. The van der Waals surface area contributed by atoms with E-state index in [4.69, 9.17) is 0 Å². The molecule has 0 saturated heterocycles. The van der Waals surface area contributed by atoms with Crippen molar-refractivity contribution in [2.24, 2.45) is 16.2 Å². The van der Waals surface area contributed by atoms with E-state index in [1.807, 2.05) is 22.3 Å². The summed E-state index contributed by atoms with van der Waals surface area (Å²) in [6.45, 7) is 0. The highest BCUT2D eigenvalue weighted by Gasteiger charge is 3.00. The van der Waals surface area contributed by atoms with Crippen LogP contribution < -0.4 is 0 Å². The Kier molecular flexibility index (Phi) is 0.691. The summed E-state index contributed by atoms with van der Waals surface area (Å²) in [4.78, 5) is 0. The standard InChI is InChI=1S/C15H16/c1-2-9(1)11-13(5-6-13)15(11)12(10-3-4-10)14(15)7-8-14/h1-8H2. The van der Waals surface area contributed by atoms with Gasteiger partial charge in [0.2, 0.25) is 0 Å². The molecule has 0 N–H and O–H groups in total. The van der Waals surface area contributed by atoms with Crippen molar-refractivity contribution in [3.8, 4) is 0 Å². The minimum atomic E-state index is 0.775. The van der Waals surface area contributed by atoms with Crippen molar-refractivity contribution < 1.29 is 0 Å². The van der Waals surface area contributed by atoms with Gasteiger partial charge in [0.15, 0.2) is 0 Å². The van der Waals surface area contributed by atoms with Gasteiger partial charge in [-0.2, -0.15) is 0 Å². The Morgan fingerprint density at radius 1 is 0.600 bits per heavy atom. The van der Waals surface area contributed by atoms with Crippen LogP contribution in [0.1, 0.15) is 51.4 Å². The molecule has 0 aromatic carbocycles. The Bertz CT molecular complexity index is 446. The fourth-order valence-corrected chi connectivity index (χ4v) is 5.41. The second-order valence-electron chi connectivity index (χ2n) is 6.87. The first-order valence-electron chi connectivity index (χ1n) is 6.83. The maximum absolute atomic E-state index is 2.03. The fourth-order valence-electron chi connectivity index (χ4n) is 5.41. The minimum Gasteiger partial charge on any atom is -0.0688 e. The highest BCUT2D eigenvalue weighted by molar-refractivity contribution is 5.81. The zero-order valence-electron chi connectivity index (χ0n) is 9.16. The largest absolute Gasteiger partial charge is 0.0688 e. The highest BCUT2D eigenvalue weighted by Crippen LogP contribution is 3.07. The van der Waals surface area contributed by atoms with Crippen LogP contribution in [0.15, 0.2) is 22.3 Å². The van der Waals surface area contributed by atoms with Crippen LogP contribution in [0.2, 0.25) is 0 Å². The molecule has 76 valence electrons. The number of fused-ring (bicyclic) bond motifs is 2. The molecule has 6 fully saturated rings. The average molecular weight is 196 g/mol. The summed E-state index contributed by atoms with van der Waals surface area (Å²) in [5, 5.41) is 0. The molecule has 0 aromatic rings. The Hall–Kier alpha value is -0.520. The van der Waals surface area contributed by atoms with Gasteiger partial charge in [-0.05, 0) is 51.4 Å². The molecule has 0 aromatic heterocycles. The maximum Gasteiger partial charge on any atom is 0.0325 e. The van der Waals surface area contributed by atoms with Gasteiger partial charge in [0.1, 0.15) is 0 Å². The van der Waals surface area contributed by atoms with Crippen molar-refractivity contribution in [3.63, 3.8) is 0 Å². The average Bonchev–Trinajstić information content (AvgIpc) is 3.06. The predicted octanol–water partition coefficient (Wildman–Crippen LogP) is 3.74. The highest BCUT2D eigenvalue weighted by atomic mass is 15.0. The first-order chi connectivity index (χ1) is 7.37. The number of rotatable bonds is 0. The lowest BCUT2D eigenvalue weighted by Gasteiger charge is -1.82. The third kappa shape index (κ3) is 0.470. The Balaban J connectivity index is 1.67. The zero-order valence-corrected chi connectivity index (χ0v) is 9.16. The van der Waals surface area contributed by atoms with E-state index in [2.05, 4.69) is 0 Å². The molecular weight excluding hydrogens is 180 g/mol. The van der Waals surface area contributed by atoms with E-state index in [-0.39, 0.29) is 0 Å². The van der Waals surface area contributed by atoms with Crippen LogP contribution in [0.5, 0.6) is 0 Å². The summed E-state index contributed by atoms with van der Waals surface area (Å²) < 4.78 is 0. The molecule has 0 amide bonds. The number of allylic oxidation sites excluding steroid dienone is 4. The lowest BCUT2D eigenvalue weighted by atomic mass is 10.2. The number of hydrogen-bond donors (Lipinski definition) is 0. The van der Waals surface area contributed by atoms with Crippen LogP contribution in [0.25, 0.3) is 0 Å². The molecule has 6 saturated carbocycles. The SMILES string of the molecule is C1CC1=C1C2(CC2)C12C(=C1CC1)C21CC1. The molecule has 0 heteroatoms. The molecule has 6 aliphatic rings. The second kappa shape index (κ2) is 1.49. The summed E-state index contributed by atoms with van der Waals surface area (Å²) in [6, 6.07) is 0. The van der Waals surface area contributed by atoms with E-state index >= 15 is 0 Å². The van der Waals surface area contributed by atoms with Gasteiger partial charge in [-0.25, -0.2) is 0 Å². The molecule has 6 aliphatic carbocycles. The first-order valence-corrected chi connectivity index (χ1v) is 6.83. The molecule has 0 unspecified atom stereocenters. The molecule has 0 atom stereocenters. The Morgan fingerprint density at radius 3 is 1.27 bits per heavy atom. The van der Waals surface area contributed by atoms with Gasteiger partial charge in [0.25, 0.3) is 0 Å². The van der Waals surface area contributed by atoms with Crippen molar-refractivity contribution in [1.82, 2.24) is 0 Å². The molecule has 0 radical (unpaired) electrons. The molecule has 0 bridgehead atoms. The van der Waals surface area contributed by atoms with E-state index < -0.39 is 0 Å². The fraction of sp³-hybridized carbons (Fsp3) is 0.733. The van der Waals surface area contributed by atoms with Crippen LogP contribution in [0.3, 0.4) is 0 Å². The lowest BCUT2D eigenvalue weighted by molar-refractivity contribution is 0.626. The van der Waals surface area contributed by atoms with Crippen molar-refractivity contribution in [1.29, 1.82) is 0 Å². The van der Waals surface area contributed by atoms with Gasteiger partial charge in [-0.1, -0.05) is 22.3 Å². The van der Waals surface area contributed by atoms with Crippen LogP contribution in [-0.2, 0) is 0 Å². The second-order valence-corrected chi connectivity index (χ2v) is 6.87. The van der Waals surface area contributed by atoms with Crippen molar-refractivity contribution in [3.05, 3.63) is 22.3 Å². The summed E-state index contributed by atoms with van der Waals surface area (Å²) in [5.74, 6) is 0. The predicted molar refractivity (Wildman–Crippen MR) is 58.3 cm³/mol. The van der Waals surface area contributed by atoms with Crippen LogP contribution in [-0.4, -0.2) is 0 Å². The molecule has 3 spiro atoms. The Morgan fingerprint density at radius 2 is 1.00 bits per heavy atom. The minimum absolute atomic E-state index is 0.775. The van der Waals surface area contributed by atoms with E-state index in [9.17, 15) is 0 Å². The van der Waals surface area contributed by atoms with Gasteiger partial charge in [-0.3, -0.25) is 0 Å². The van der Waals surface area contributed by atoms with Gasteiger partial charge in [0, 0.05) is 16.2 Å². The summed E-state index contributed by atoms with van der Waals surface area (Å²) in [7, 11) is 0. The third-order valence-electron chi connectivity index (χ3n) is 6.22. The van der Waals surface area contributed by atoms with Gasteiger partial charge in [0.05, 0.1) is 0 Å². The normalized spacial score (nSPS) is 41.6. The molecule has 0 nitrogen and oxygen atoms in total. The molecule has 0 heterocycles. The zero-order chi connectivity index (χ0) is 9.47. The Labute approximate surface area is 90.4 Å². The van der Waals surface area contributed by atoms with Gasteiger partial charge in [-0.15, -0.1) is 0 Å². The maximum atomic E-state index is 2.03. The van der Waals surface area contributed by atoms with Crippen molar-refractivity contribution in [2.75, 3.05) is 0 Å². The monoisotopic (exact) mass is 196 g/mol. The summed E-state index contributed by atoms with van der Waals surface area (Å²) in [5.41, 5.74) is 10.3. The van der Waals surface area contributed by atoms with E-state index in [1.165, 1.54) is 25.7 Å². The van der Waals surface area contributed by atoms with Gasteiger partial charge >= 0.3 is 0 Å². The third-order valence-corrected chi connectivity index (χ3v) is 6.22. The smallest absolute Gasteiger partial charge is 0.0325 e. The van der Waals surface area contributed by atoms with Crippen LogP contribution >= 0.6 is 0 Å². The quantitative estimate of drug-likeness (QED) is 0.518. The number of hydrogen-bond acceptors (Lipinski definition) is 0. The molecule has 6 rings (SSSR count). The first kappa shape index (κ1) is 6.93. The summed E-state index contributed by atoms with van der Waals surface area (Å²) in [6.07, 6.45) is 12.1. The van der Waals surface area contributed by atoms with Crippen molar-refractivity contribution in [2.45, 2.75) is 51.4 Å². The van der Waals surface area contributed by atoms with Crippen molar-refractivity contribution >= 4 is 0 Å². The molecule has 15 heavy (non-hydrogen) atoms. The van der Waals surface area contributed by atoms with E-state index in [0.717, 1.165) is 16.2 Å². The van der Waals surface area contributed by atoms with Crippen LogP contribution in [0.4, 0.5) is 0 Å². The van der Waals surface area contributed by atoms with Crippen LogP contribution in [0, 0.1) is 16.2 Å². The van der Waals surface area contributed by atoms with E-state index in [1.54, 1.807) is 25.7 Å². The van der Waals surface area contributed by atoms with E-state index in [0.29, 0.717) is 0 Å². The molecule has 0 aliphatic heterocycles. The lowest BCUT2D eigenvalue weighted by Crippen LogP contribution is -1.81.